The van der Waals surface area contributed by atoms with Crippen molar-refractivity contribution in [2.45, 2.75) is 25.9 Å². The lowest BCUT2D eigenvalue weighted by Crippen LogP contribution is -2.07. The fourth-order valence-corrected chi connectivity index (χ4v) is 2.14. The molecule has 1 N–H and O–H groups in total. The number of hydrogen-bond acceptors (Lipinski definition) is 3. The van der Waals surface area contributed by atoms with Crippen LogP contribution in [0.15, 0.2) is 24.5 Å². The van der Waals surface area contributed by atoms with E-state index < -0.39 is 6.10 Å². The van der Waals surface area contributed by atoms with Crippen molar-refractivity contribution in [3.63, 3.8) is 0 Å². The summed E-state index contributed by atoms with van der Waals surface area (Å²) in [6.45, 7) is 2.06. The van der Waals surface area contributed by atoms with Crippen LogP contribution in [-0.2, 0) is 19.9 Å². The molecule has 2 aromatic heterocycles. The van der Waals surface area contributed by atoms with E-state index in [-0.39, 0.29) is 0 Å². The van der Waals surface area contributed by atoms with Gasteiger partial charge in [0.2, 0.25) is 0 Å². The molecule has 0 aliphatic heterocycles. The first-order valence-electron chi connectivity index (χ1n) is 5.91. The number of aryl methyl sites for hydroxylation is 2. The molecule has 0 saturated carbocycles. The van der Waals surface area contributed by atoms with Crippen LogP contribution in [0.2, 0.25) is 5.02 Å². The van der Waals surface area contributed by atoms with Crippen LogP contribution < -0.4 is 0 Å². The molecule has 0 aliphatic carbocycles. The van der Waals surface area contributed by atoms with Crippen LogP contribution >= 0.6 is 11.6 Å². The van der Waals surface area contributed by atoms with Gasteiger partial charge in [-0.3, -0.25) is 9.67 Å². The summed E-state index contributed by atoms with van der Waals surface area (Å²) in [6.07, 6.45) is 3.92. The van der Waals surface area contributed by atoms with Gasteiger partial charge in [0.1, 0.15) is 0 Å². The van der Waals surface area contributed by atoms with E-state index in [2.05, 4.69) is 17.0 Å². The highest BCUT2D eigenvalue weighted by molar-refractivity contribution is 6.31. The van der Waals surface area contributed by atoms with Crippen molar-refractivity contribution in [1.29, 1.82) is 0 Å². The Morgan fingerprint density at radius 3 is 2.89 bits per heavy atom. The highest BCUT2D eigenvalue weighted by Crippen LogP contribution is 2.24. The standard InChI is InChI=1S/C13H16ClN3O/c1-3-9-6-10(17(2)16-9)7-13(18)11-4-5-15-8-12(11)14/h4-6,8,13,18H,3,7H2,1-2H3. The molecular formula is C13H16ClN3O. The molecule has 1 unspecified atom stereocenters. The van der Waals surface area contributed by atoms with Gasteiger partial charge in [0.15, 0.2) is 0 Å². The van der Waals surface area contributed by atoms with Crippen molar-refractivity contribution in [2.75, 3.05) is 0 Å². The van der Waals surface area contributed by atoms with Crippen LogP contribution in [0.1, 0.15) is 30.0 Å². The first kappa shape index (κ1) is 13.1. The Morgan fingerprint density at radius 1 is 1.50 bits per heavy atom. The minimum atomic E-state index is -0.638. The van der Waals surface area contributed by atoms with Gasteiger partial charge in [0, 0.05) is 37.1 Å². The van der Waals surface area contributed by atoms with Crippen molar-refractivity contribution in [3.8, 4) is 0 Å². The van der Waals surface area contributed by atoms with E-state index in [1.165, 1.54) is 0 Å². The number of pyridine rings is 1. The van der Waals surface area contributed by atoms with Gasteiger partial charge in [-0.2, -0.15) is 5.10 Å². The van der Waals surface area contributed by atoms with Gasteiger partial charge < -0.3 is 5.11 Å². The molecule has 18 heavy (non-hydrogen) atoms. The fraction of sp³-hybridized carbons (Fsp3) is 0.385. The van der Waals surface area contributed by atoms with Crippen LogP contribution in [-0.4, -0.2) is 19.9 Å². The van der Waals surface area contributed by atoms with E-state index >= 15 is 0 Å². The summed E-state index contributed by atoms with van der Waals surface area (Å²) in [5.74, 6) is 0. The Balaban J connectivity index is 2.18. The molecule has 0 aliphatic rings. The molecule has 2 heterocycles. The topological polar surface area (TPSA) is 50.9 Å². The number of aromatic nitrogens is 3. The molecule has 5 heteroatoms. The number of hydrogen-bond donors (Lipinski definition) is 1. The van der Waals surface area contributed by atoms with Crippen LogP contribution in [0.5, 0.6) is 0 Å². The normalized spacial score (nSPS) is 12.7. The molecule has 0 amide bonds. The van der Waals surface area contributed by atoms with Gasteiger partial charge in [0.25, 0.3) is 0 Å². The second-order valence-corrected chi connectivity index (χ2v) is 4.63. The monoisotopic (exact) mass is 265 g/mol. The predicted molar refractivity (Wildman–Crippen MR) is 70.5 cm³/mol. The first-order valence-corrected chi connectivity index (χ1v) is 6.29. The summed E-state index contributed by atoms with van der Waals surface area (Å²) < 4.78 is 1.80. The SMILES string of the molecule is CCc1cc(CC(O)c2ccncc2Cl)n(C)n1. The Kier molecular flexibility index (Phi) is 3.99. The van der Waals surface area contributed by atoms with E-state index in [1.807, 2.05) is 13.1 Å². The molecular weight excluding hydrogens is 250 g/mol. The largest absolute Gasteiger partial charge is 0.388 e. The zero-order valence-electron chi connectivity index (χ0n) is 10.5. The smallest absolute Gasteiger partial charge is 0.0860 e. The fourth-order valence-electron chi connectivity index (χ4n) is 1.90. The molecule has 0 spiro atoms. The van der Waals surface area contributed by atoms with Crippen LogP contribution in [0.25, 0.3) is 0 Å². The minimum Gasteiger partial charge on any atom is -0.388 e. The van der Waals surface area contributed by atoms with Gasteiger partial charge >= 0.3 is 0 Å². The summed E-state index contributed by atoms with van der Waals surface area (Å²) in [6, 6.07) is 3.75. The zero-order valence-corrected chi connectivity index (χ0v) is 11.2. The zero-order chi connectivity index (χ0) is 13.1. The molecule has 1 atom stereocenters. The minimum absolute atomic E-state index is 0.489. The van der Waals surface area contributed by atoms with Gasteiger partial charge in [-0.15, -0.1) is 0 Å². The van der Waals surface area contributed by atoms with Crippen molar-refractivity contribution in [3.05, 3.63) is 46.5 Å². The van der Waals surface area contributed by atoms with Crippen LogP contribution in [0, 0.1) is 0 Å². The van der Waals surface area contributed by atoms with E-state index in [1.54, 1.807) is 23.1 Å². The van der Waals surface area contributed by atoms with E-state index in [0.717, 1.165) is 17.8 Å². The summed E-state index contributed by atoms with van der Waals surface area (Å²) >= 11 is 6.01. The molecule has 0 bridgehead atoms. The maximum atomic E-state index is 10.2. The van der Waals surface area contributed by atoms with Gasteiger partial charge in [0.05, 0.1) is 16.8 Å². The average molecular weight is 266 g/mol. The maximum Gasteiger partial charge on any atom is 0.0860 e. The van der Waals surface area contributed by atoms with Gasteiger partial charge in [-0.25, -0.2) is 0 Å². The number of halogens is 1. The highest BCUT2D eigenvalue weighted by atomic mass is 35.5. The molecule has 0 fully saturated rings. The van der Waals surface area contributed by atoms with Crippen molar-refractivity contribution < 1.29 is 5.11 Å². The summed E-state index contributed by atoms with van der Waals surface area (Å²) in [5.41, 5.74) is 2.72. The second kappa shape index (κ2) is 5.50. The summed E-state index contributed by atoms with van der Waals surface area (Å²) in [7, 11) is 1.88. The first-order chi connectivity index (χ1) is 8.61. The predicted octanol–water partition coefficient (Wildman–Crippen LogP) is 2.31. The van der Waals surface area contributed by atoms with Gasteiger partial charge in [-0.1, -0.05) is 18.5 Å². The van der Waals surface area contributed by atoms with E-state index in [4.69, 9.17) is 11.6 Å². The van der Waals surface area contributed by atoms with Crippen molar-refractivity contribution in [1.82, 2.24) is 14.8 Å². The molecule has 0 saturated heterocycles. The molecule has 0 aromatic carbocycles. The van der Waals surface area contributed by atoms with Crippen molar-refractivity contribution in [2.24, 2.45) is 7.05 Å². The quantitative estimate of drug-likeness (QED) is 0.923. The highest BCUT2D eigenvalue weighted by Gasteiger charge is 2.15. The Labute approximate surface area is 111 Å². The van der Waals surface area contributed by atoms with Gasteiger partial charge in [-0.05, 0) is 18.6 Å². The Morgan fingerprint density at radius 2 is 2.28 bits per heavy atom. The lowest BCUT2D eigenvalue weighted by molar-refractivity contribution is 0.176. The lowest BCUT2D eigenvalue weighted by Gasteiger charge is -2.12. The number of aliphatic hydroxyl groups is 1. The number of rotatable bonds is 4. The summed E-state index contributed by atoms with van der Waals surface area (Å²) in [4.78, 5) is 3.91. The maximum absolute atomic E-state index is 10.2. The van der Waals surface area contributed by atoms with Crippen LogP contribution in [0.4, 0.5) is 0 Å². The Hall–Kier alpha value is -1.39. The number of aliphatic hydroxyl groups excluding tert-OH is 1. The third-order valence-electron chi connectivity index (χ3n) is 2.95. The molecule has 96 valence electrons. The number of nitrogens with zero attached hydrogens (tertiary/aromatic N) is 3. The molecule has 0 radical (unpaired) electrons. The summed E-state index contributed by atoms with van der Waals surface area (Å²) in [5, 5.41) is 15.1. The Bertz CT molecular complexity index is 539. The van der Waals surface area contributed by atoms with Crippen molar-refractivity contribution >= 4 is 11.6 Å². The van der Waals surface area contributed by atoms with E-state index in [9.17, 15) is 5.11 Å². The molecule has 4 nitrogen and oxygen atoms in total. The molecule has 2 aromatic rings. The van der Waals surface area contributed by atoms with E-state index in [0.29, 0.717) is 17.0 Å². The second-order valence-electron chi connectivity index (χ2n) is 4.22. The van der Waals surface area contributed by atoms with Crippen LogP contribution in [0.3, 0.4) is 0 Å². The third kappa shape index (κ3) is 2.71. The lowest BCUT2D eigenvalue weighted by atomic mass is 10.1. The third-order valence-corrected chi connectivity index (χ3v) is 3.27. The molecule has 2 rings (SSSR count). The average Bonchev–Trinajstić information content (AvgIpc) is 2.70.